The molecule has 1 rings (SSSR count). The number of hydrogen-bond acceptors (Lipinski definition) is 6. The van der Waals surface area contributed by atoms with Crippen LogP contribution in [0.1, 0.15) is 13.3 Å². The van der Waals surface area contributed by atoms with Crippen LogP contribution in [0.2, 0.25) is 0 Å². The van der Waals surface area contributed by atoms with E-state index in [0.717, 1.165) is 0 Å². The van der Waals surface area contributed by atoms with Gasteiger partial charge >= 0.3 is 0 Å². The summed E-state index contributed by atoms with van der Waals surface area (Å²) in [7, 11) is 0. The zero-order chi connectivity index (χ0) is 12.5. The van der Waals surface area contributed by atoms with Gasteiger partial charge in [0, 0.05) is 6.42 Å². The van der Waals surface area contributed by atoms with Gasteiger partial charge in [-0.2, -0.15) is 0 Å². The third-order valence-corrected chi connectivity index (χ3v) is 2.61. The van der Waals surface area contributed by atoms with Crippen LogP contribution in [0, 0.1) is 0 Å². The third kappa shape index (κ3) is 2.42. The van der Waals surface area contributed by atoms with Crippen molar-refractivity contribution in [2.45, 2.75) is 43.5 Å². The van der Waals surface area contributed by atoms with Gasteiger partial charge in [-0.25, -0.2) is 0 Å². The van der Waals surface area contributed by atoms with E-state index in [1.54, 1.807) is 6.92 Å². The largest absolute Gasteiger partial charge is 0.394 e. The Kier molecular flexibility index (Phi) is 4.06. The van der Waals surface area contributed by atoms with E-state index < -0.39 is 36.8 Å². The van der Waals surface area contributed by atoms with Crippen LogP contribution >= 0.6 is 0 Å². The Hall–Kier alpha value is -0.500. The van der Waals surface area contributed by atoms with E-state index in [1.807, 2.05) is 0 Å². The molecular formula is C10H18O6. The second kappa shape index (κ2) is 4.79. The highest BCUT2D eigenvalue weighted by Gasteiger charge is 2.52. The first kappa shape index (κ1) is 13.6. The molecule has 0 saturated carbocycles. The fourth-order valence-corrected chi connectivity index (χ4v) is 1.80. The van der Waals surface area contributed by atoms with Gasteiger partial charge in [-0.05, 0) is 6.92 Å². The molecule has 5 N–H and O–H groups in total. The molecular weight excluding hydrogens is 216 g/mol. The topological polar surface area (TPSA) is 110 Å². The maximum absolute atomic E-state index is 9.98. The first-order valence-corrected chi connectivity index (χ1v) is 5.01. The molecule has 94 valence electrons. The average molecular weight is 234 g/mol. The minimum Gasteiger partial charge on any atom is -0.394 e. The summed E-state index contributed by atoms with van der Waals surface area (Å²) in [5.41, 5.74) is 0.543. The summed E-state index contributed by atoms with van der Waals surface area (Å²) in [5.74, 6) is -2.03. The summed E-state index contributed by atoms with van der Waals surface area (Å²) < 4.78 is 5.01. The lowest BCUT2D eigenvalue weighted by molar-refractivity contribution is -0.348. The van der Waals surface area contributed by atoms with E-state index in [-0.39, 0.29) is 6.42 Å². The van der Waals surface area contributed by atoms with Crippen molar-refractivity contribution in [3.05, 3.63) is 12.2 Å². The third-order valence-electron chi connectivity index (χ3n) is 2.61. The van der Waals surface area contributed by atoms with E-state index in [9.17, 15) is 20.4 Å². The molecule has 0 spiro atoms. The normalized spacial score (nSPS) is 44.4. The zero-order valence-corrected chi connectivity index (χ0v) is 9.08. The van der Waals surface area contributed by atoms with Gasteiger partial charge in [0.25, 0.3) is 0 Å². The number of aliphatic hydroxyl groups is 5. The van der Waals surface area contributed by atoms with E-state index in [1.165, 1.54) is 0 Å². The van der Waals surface area contributed by atoms with Gasteiger partial charge < -0.3 is 30.3 Å². The Labute approximate surface area is 93.4 Å². The number of rotatable bonds is 3. The van der Waals surface area contributed by atoms with Crippen molar-refractivity contribution in [1.82, 2.24) is 0 Å². The van der Waals surface area contributed by atoms with Crippen molar-refractivity contribution in [1.29, 1.82) is 0 Å². The fourth-order valence-electron chi connectivity index (χ4n) is 1.80. The summed E-state index contributed by atoms with van der Waals surface area (Å²) in [6.07, 6.45) is -5.89. The molecule has 0 aliphatic carbocycles. The van der Waals surface area contributed by atoms with Crippen LogP contribution in [0.15, 0.2) is 12.2 Å². The molecule has 1 saturated heterocycles. The van der Waals surface area contributed by atoms with Gasteiger partial charge in [-0.3, -0.25) is 0 Å². The van der Waals surface area contributed by atoms with Crippen LogP contribution in [0.5, 0.6) is 0 Å². The minimum atomic E-state index is -2.03. The highest BCUT2D eigenvalue weighted by atomic mass is 16.7. The van der Waals surface area contributed by atoms with Gasteiger partial charge in [0.1, 0.15) is 24.4 Å². The monoisotopic (exact) mass is 234 g/mol. The van der Waals surface area contributed by atoms with Crippen molar-refractivity contribution in [2.75, 3.05) is 6.61 Å². The molecule has 16 heavy (non-hydrogen) atoms. The first-order valence-electron chi connectivity index (χ1n) is 5.01. The van der Waals surface area contributed by atoms with Crippen molar-refractivity contribution < 1.29 is 30.3 Å². The van der Waals surface area contributed by atoms with Crippen molar-refractivity contribution in [3.63, 3.8) is 0 Å². The van der Waals surface area contributed by atoms with Crippen molar-refractivity contribution >= 4 is 0 Å². The molecule has 6 nitrogen and oxygen atoms in total. The van der Waals surface area contributed by atoms with Gasteiger partial charge in [0.05, 0.1) is 6.61 Å². The predicted molar refractivity (Wildman–Crippen MR) is 54.4 cm³/mol. The van der Waals surface area contributed by atoms with Crippen molar-refractivity contribution in [2.24, 2.45) is 0 Å². The smallest absolute Gasteiger partial charge is 0.198 e. The molecule has 0 aromatic carbocycles. The molecule has 0 aromatic heterocycles. The maximum Gasteiger partial charge on any atom is 0.198 e. The van der Waals surface area contributed by atoms with E-state index in [0.29, 0.717) is 5.57 Å². The molecule has 1 aliphatic rings. The van der Waals surface area contributed by atoms with Crippen molar-refractivity contribution in [3.8, 4) is 0 Å². The lowest BCUT2D eigenvalue weighted by Gasteiger charge is -2.45. The fraction of sp³-hybridized carbons (Fsp3) is 0.800. The van der Waals surface area contributed by atoms with Crippen LogP contribution in [-0.4, -0.2) is 62.3 Å². The van der Waals surface area contributed by atoms with Crippen LogP contribution in [0.3, 0.4) is 0 Å². The summed E-state index contributed by atoms with van der Waals surface area (Å²) in [5, 5.41) is 47.5. The molecule has 0 radical (unpaired) electrons. The minimum absolute atomic E-state index is 0.0888. The molecule has 6 heteroatoms. The lowest BCUT2D eigenvalue weighted by atomic mass is 9.89. The molecule has 1 fully saturated rings. The molecule has 0 bridgehead atoms. The quantitative estimate of drug-likeness (QED) is 0.365. The molecule has 1 aliphatic heterocycles. The van der Waals surface area contributed by atoms with Crippen LogP contribution < -0.4 is 0 Å². The second-order valence-electron chi connectivity index (χ2n) is 4.24. The highest BCUT2D eigenvalue weighted by molar-refractivity contribution is 5.03. The second-order valence-corrected chi connectivity index (χ2v) is 4.24. The van der Waals surface area contributed by atoms with Crippen LogP contribution in [-0.2, 0) is 4.74 Å². The molecule has 0 amide bonds. The lowest BCUT2D eigenvalue weighted by Crippen LogP contribution is -2.65. The molecule has 1 heterocycles. The molecule has 0 aromatic rings. The Morgan fingerprint density at radius 3 is 2.31 bits per heavy atom. The van der Waals surface area contributed by atoms with Gasteiger partial charge in [0.15, 0.2) is 5.79 Å². The van der Waals surface area contributed by atoms with Gasteiger partial charge in [-0.15, -0.1) is 0 Å². The summed E-state index contributed by atoms with van der Waals surface area (Å²) in [6.45, 7) is 4.62. The zero-order valence-electron chi connectivity index (χ0n) is 9.08. The first-order chi connectivity index (χ1) is 7.31. The predicted octanol–water partition coefficient (Wildman–Crippen LogP) is -1.89. The SMILES string of the molecule is C=C(C)C[C@@]1(O)O[C@H](CO)[C@H](O)[C@H](O)[C@H]1O. The molecule has 0 unspecified atom stereocenters. The summed E-state index contributed by atoms with van der Waals surface area (Å²) in [6, 6.07) is 0. The Bertz CT molecular complexity index is 266. The Balaban J connectivity index is 2.89. The van der Waals surface area contributed by atoms with E-state index in [4.69, 9.17) is 9.84 Å². The maximum atomic E-state index is 9.98. The Morgan fingerprint density at radius 2 is 1.88 bits per heavy atom. The van der Waals surface area contributed by atoms with Gasteiger partial charge in [-0.1, -0.05) is 12.2 Å². The number of hydrogen-bond donors (Lipinski definition) is 5. The average Bonchev–Trinajstić information content (AvgIpc) is 2.20. The summed E-state index contributed by atoms with van der Waals surface area (Å²) >= 11 is 0. The highest BCUT2D eigenvalue weighted by Crippen LogP contribution is 2.32. The van der Waals surface area contributed by atoms with E-state index in [2.05, 4.69) is 6.58 Å². The standard InChI is InChI=1S/C10H18O6/c1-5(2)3-10(15)9(14)8(13)7(12)6(4-11)16-10/h6-9,11-15H,1,3-4H2,2H3/t6-,7+,8+,9-,10-/m1/s1. The summed E-state index contributed by atoms with van der Waals surface area (Å²) in [4.78, 5) is 0. The Morgan fingerprint density at radius 1 is 1.31 bits per heavy atom. The number of aliphatic hydroxyl groups excluding tert-OH is 4. The molecule has 5 atom stereocenters. The number of ether oxygens (including phenoxy) is 1. The van der Waals surface area contributed by atoms with Gasteiger partial charge in [0.2, 0.25) is 0 Å². The van der Waals surface area contributed by atoms with Crippen LogP contribution in [0.25, 0.3) is 0 Å². The van der Waals surface area contributed by atoms with E-state index >= 15 is 0 Å². The van der Waals surface area contributed by atoms with Crippen LogP contribution in [0.4, 0.5) is 0 Å².